The summed E-state index contributed by atoms with van der Waals surface area (Å²) in [6.07, 6.45) is 84.9. The van der Waals surface area contributed by atoms with Crippen molar-refractivity contribution in [2.75, 3.05) is 47.5 Å². The van der Waals surface area contributed by atoms with Crippen LogP contribution in [0.1, 0.15) is 290 Å². The van der Waals surface area contributed by atoms with E-state index in [4.69, 9.17) is 18.5 Å². The van der Waals surface area contributed by atoms with Crippen molar-refractivity contribution in [1.82, 2.24) is 0 Å². The van der Waals surface area contributed by atoms with Crippen molar-refractivity contribution in [2.24, 2.45) is 0 Å². The Morgan fingerprint density at radius 3 is 1.05 bits per heavy atom. The molecule has 0 spiro atoms. The van der Waals surface area contributed by atoms with Gasteiger partial charge < -0.3 is 18.9 Å². The van der Waals surface area contributed by atoms with Crippen molar-refractivity contribution in [2.45, 2.75) is 296 Å². The van der Waals surface area contributed by atoms with E-state index in [0.29, 0.717) is 17.4 Å². The van der Waals surface area contributed by atoms with E-state index in [1.807, 2.05) is 21.1 Å². The molecule has 10 heteroatoms. The molecule has 2 atom stereocenters. The highest BCUT2D eigenvalue weighted by Gasteiger charge is 2.27. The van der Waals surface area contributed by atoms with Gasteiger partial charge in [-0.1, -0.05) is 297 Å². The molecular formula is C71H127NO8P+. The van der Waals surface area contributed by atoms with Gasteiger partial charge in [0, 0.05) is 12.8 Å². The van der Waals surface area contributed by atoms with Crippen LogP contribution in [-0.4, -0.2) is 74.9 Å². The van der Waals surface area contributed by atoms with Crippen LogP contribution in [0, 0.1) is 0 Å². The number of allylic oxidation sites excluding steroid dienone is 16. The van der Waals surface area contributed by atoms with Gasteiger partial charge in [-0.15, -0.1) is 0 Å². The van der Waals surface area contributed by atoms with Gasteiger partial charge in [0.25, 0.3) is 0 Å². The van der Waals surface area contributed by atoms with Crippen LogP contribution in [0.5, 0.6) is 0 Å². The first-order valence-electron chi connectivity index (χ1n) is 33.5. The molecule has 0 aromatic rings. The Balaban J connectivity index is 4.12. The van der Waals surface area contributed by atoms with Crippen molar-refractivity contribution >= 4 is 19.8 Å². The summed E-state index contributed by atoms with van der Waals surface area (Å²) in [5, 5.41) is 0. The fraction of sp³-hybridized carbons (Fsp3) is 0.746. The van der Waals surface area contributed by atoms with Crippen LogP contribution < -0.4 is 0 Å². The van der Waals surface area contributed by atoms with Crippen LogP contribution >= 0.6 is 7.82 Å². The molecule has 9 nitrogen and oxygen atoms in total. The minimum Gasteiger partial charge on any atom is -0.462 e. The number of unbranched alkanes of at least 4 members (excludes halogenated alkanes) is 31. The quantitative estimate of drug-likeness (QED) is 0.0211. The number of ether oxygens (including phenoxy) is 2. The normalized spacial score (nSPS) is 13.8. The van der Waals surface area contributed by atoms with Gasteiger partial charge in [-0.25, -0.2) is 4.57 Å². The molecular weight excluding hydrogens is 1030 g/mol. The largest absolute Gasteiger partial charge is 0.472 e. The number of phosphoric ester groups is 1. The molecule has 0 heterocycles. The standard InChI is InChI=1S/C71H126NO8P/c1-6-8-10-12-14-16-18-20-22-24-26-28-30-32-33-34-35-36-37-38-39-40-42-44-46-48-50-52-54-56-58-60-62-64-71(74)80-69(68-79-81(75,76)78-66-65-72(3,4)5)67-77-70(73)63-61-59-57-55-53-51-49-47-45-43-41-31-29-27-25-23-21-19-17-15-13-11-9-7-2/h8,10,14,16,20,22,26,28,32-33,35-36,38-39,42,44,69H,6-7,9,11-13,15,17-19,21,23-25,27,29-31,34,37,40-41,43,45-68H2,1-5H3/p+1/b10-8-,16-14-,22-20-,28-26-,33-32-,36-35-,39-38-,44-42-. The Morgan fingerprint density at radius 1 is 0.395 bits per heavy atom. The second kappa shape index (κ2) is 61.5. The zero-order valence-electron chi connectivity index (χ0n) is 53.2. The Bertz CT molecular complexity index is 1690. The third-order valence-corrected chi connectivity index (χ3v) is 15.4. The molecule has 0 saturated carbocycles. The number of rotatable bonds is 61. The van der Waals surface area contributed by atoms with Crippen molar-refractivity contribution in [3.05, 3.63) is 97.2 Å². The van der Waals surface area contributed by atoms with Crippen LogP contribution in [0.25, 0.3) is 0 Å². The second-order valence-corrected chi connectivity index (χ2v) is 24.9. The molecule has 81 heavy (non-hydrogen) atoms. The van der Waals surface area contributed by atoms with Gasteiger partial charge in [0.15, 0.2) is 6.10 Å². The number of phosphoric acid groups is 1. The lowest BCUT2D eigenvalue weighted by Gasteiger charge is -2.24. The average molecular weight is 1150 g/mol. The topological polar surface area (TPSA) is 108 Å². The Labute approximate surface area is 500 Å². The van der Waals surface area contributed by atoms with Crippen LogP contribution in [-0.2, 0) is 32.7 Å². The number of quaternary nitrogens is 1. The van der Waals surface area contributed by atoms with E-state index < -0.39 is 26.5 Å². The summed E-state index contributed by atoms with van der Waals surface area (Å²) in [5.41, 5.74) is 0. The monoisotopic (exact) mass is 1150 g/mol. The van der Waals surface area contributed by atoms with E-state index >= 15 is 0 Å². The third kappa shape index (κ3) is 65.9. The lowest BCUT2D eigenvalue weighted by atomic mass is 10.0. The number of likely N-dealkylation sites (N-methyl/N-ethyl adjacent to an activating group) is 1. The zero-order chi connectivity index (χ0) is 59.1. The van der Waals surface area contributed by atoms with Gasteiger partial charge in [-0.2, -0.15) is 0 Å². The van der Waals surface area contributed by atoms with Crippen LogP contribution in [0.3, 0.4) is 0 Å². The van der Waals surface area contributed by atoms with Gasteiger partial charge >= 0.3 is 19.8 Å². The summed E-state index contributed by atoms with van der Waals surface area (Å²) < 4.78 is 34.7. The van der Waals surface area contributed by atoms with E-state index in [2.05, 4.69) is 111 Å². The van der Waals surface area contributed by atoms with Gasteiger partial charge in [0.05, 0.1) is 27.7 Å². The zero-order valence-corrected chi connectivity index (χ0v) is 54.1. The van der Waals surface area contributed by atoms with E-state index in [1.165, 1.54) is 161 Å². The molecule has 0 aliphatic carbocycles. The number of carbonyl (C=O) groups excluding carboxylic acids is 2. The Hall–Kier alpha value is -3.07. The smallest absolute Gasteiger partial charge is 0.462 e. The molecule has 2 unspecified atom stereocenters. The first kappa shape index (κ1) is 77.9. The maximum atomic E-state index is 12.9. The van der Waals surface area contributed by atoms with Crippen molar-refractivity contribution in [1.29, 1.82) is 0 Å². The van der Waals surface area contributed by atoms with Gasteiger partial charge in [0.2, 0.25) is 0 Å². The number of esters is 2. The average Bonchev–Trinajstić information content (AvgIpc) is 3.43. The Morgan fingerprint density at radius 2 is 0.704 bits per heavy atom. The maximum Gasteiger partial charge on any atom is 0.472 e. The van der Waals surface area contributed by atoms with Crippen molar-refractivity contribution in [3.8, 4) is 0 Å². The summed E-state index contributed by atoms with van der Waals surface area (Å²) >= 11 is 0. The highest BCUT2D eigenvalue weighted by atomic mass is 31.2. The second-order valence-electron chi connectivity index (χ2n) is 23.5. The lowest BCUT2D eigenvalue weighted by Crippen LogP contribution is -2.37. The summed E-state index contributed by atoms with van der Waals surface area (Å²) in [5.74, 6) is -0.800. The SMILES string of the molecule is CC/C=C\C/C=C\C/C=C\C/C=C\C/C=C\C/C=C\C/C=C\C/C=C\CCCCCCCCCCC(=O)OC(COC(=O)CCCCCCCCCCCCCCCCCCCCCCCCCC)COP(=O)(O)OCC[N+](C)(C)C. The minimum atomic E-state index is -4.40. The number of nitrogens with zero attached hydrogens (tertiary/aromatic N) is 1. The van der Waals surface area contributed by atoms with Gasteiger partial charge in [0.1, 0.15) is 19.8 Å². The first-order chi connectivity index (χ1) is 39.5. The minimum absolute atomic E-state index is 0.0272. The summed E-state index contributed by atoms with van der Waals surface area (Å²) in [7, 11) is 1.47. The van der Waals surface area contributed by atoms with Gasteiger partial charge in [-0.05, 0) is 77.0 Å². The van der Waals surface area contributed by atoms with E-state index in [-0.39, 0.29) is 32.0 Å². The molecule has 0 rings (SSSR count). The number of hydrogen-bond donors (Lipinski definition) is 1. The van der Waals surface area contributed by atoms with E-state index in [9.17, 15) is 19.0 Å². The highest BCUT2D eigenvalue weighted by molar-refractivity contribution is 7.47. The molecule has 0 aromatic heterocycles. The summed E-state index contributed by atoms with van der Waals surface area (Å²) in [4.78, 5) is 35.8. The lowest BCUT2D eigenvalue weighted by molar-refractivity contribution is -0.870. The molecule has 0 aliphatic heterocycles. The molecule has 0 saturated heterocycles. The first-order valence-corrected chi connectivity index (χ1v) is 35.0. The van der Waals surface area contributed by atoms with Crippen LogP contribution in [0.4, 0.5) is 0 Å². The van der Waals surface area contributed by atoms with E-state index in [1.54, 1.807) is 0 Å². The molecule has 0 radical (unpaired) electrons. The molecule has 0 aromatic carbocycles. The third-order valence-electron chi connectivity index (χ3n) is 14.4. The van der Waals surface area contributed by atoms with E-state index in [0.717, 1.165) is 96.3 Å². The van der Waals surface area contributed by atoms with Crippen LogP contribution in [0.15, 0.2) is 97.2 Å². The number of carbonyl (C=O) groups is 2. The molecule has 0 aliphatic rings. The fourth-order valence-corrected chi connectivity index (χ4v) is 10.0. The molecule has 0 bridgehead atoms. The highest BCUT2D eigenvalue weighted by Crippen LogP contribution is 2.43. The molecule has 1 N–H and O–H groups in total. The van der Waals surface area contributed by atoms with Crippen molar-refractivity contribution in [3.63, 3.8) is 0 Å². The van der Waals surface area contributed by atoms with Crippen molar-refractivity contribution < 1.29 is 42.1 Å². The summed E-state index contributed by atoms with van der Waals surface area (Å²) in [6, 6.07) is 0. The molecule has 0 fully saturated rings. The predicted octanol–water partition coefficient (Wildman–Crippen LogP) is 21.5. The molecule has 0 amide bonds. The van der Waals surface area contributed by atoms with Gasteiger partial charge in [-0.3, -0.25) is 18.6 Å². The predicted molar refractivity (Wildman–Crippen MR) is 348 cm³/mol. The number of hydrogen-bond acceptors (Lipinski definition) is 7. The fourth-order valence-electron chi connectivity index (χ4n) is 9.27. The maximum absolute atomic E-state index is 12.9. The molecule has 468 valence electrons. The van der Waals surface area contributed by atoms with Crippen LogP contribution in [0.2, 0.25) is 0 Å². The Kier molecular flexibility index (Phi) is 59.2. The summed E-state index contributed by atoms with van der Waals surface area (Å²) in [6.45, 7) is 4.34.